The van der Waals surface area contributed by atoms with E-state index in [0.717, 1.165) is 10.4 Å². The standard InChI is InChI=1S/C16H19N3O4S/c1-7-10(4)24-15(11(7)16(22)23-6)17-14(21)13(20)12-8(2)18-19(5)9(12)3/h1-6H3,(H,17,21). The van der Waals surface area contributed by atoms with Gasteiger partial charge in [0.15, 0.2) is 0 Å². The van der Waals surface area contributed by atoms with Crippen LogP contribution in [0, 0.1) is 27.7 Å². The van der Waals surface area contributed by atoms with Crippen molar-refractivity contribution in [1.29, 1.82) is 0 Å². The summed E-state index contributed by atoms with van der Waals surface area (Å²) in [5.74, 6) is -2.04. The zero-order valence-corrected chi connectivity index (χ0v) is 15.3. The Hall–Kier alpha value is -2.48. The van der Waals surface area contributed by atoms with Crippen LogP contribution in [0.2, 0.25) is 0 Å². The van der Waals surface area contributed by atoms with Gasteiger partial charge in [-0.05, 0) is 33.3 Å². The maximum atomic E-state index is 12.5. The van der Waals surface area contributed by atoms with Gasteiger partial charge in [-0.1, -0.05) is 0 Å². The van der Waals surface area contributed by atoms with E-state index in [-0.39, 0.29) is 11.1 Å². The van der Waals surface area contributed by atoms with Gasteiger partial charge in [0.2, 0.25) is 0 Å². The molecule has 7 nitrogen and oxygen atoms in total. The van der Waals surface area contributed by atoms with Crippen LogP contribution >= 0.6 is 11.3 Å². The molecular weight excluding hydrogens is 330 g/mol. The number of nitrogens with one attached hydrogen (secondary N) is 1. The molecule has 0 aliphatic carbocycles. The maximum absolute atomic E-state index is 12.5. The number of Topliss-reactive ketones (excluding diaryl/α,β-unsaturated/α-hetero) is 1. The first kappa shape index (κ1) is 17.9. The molecular formula is C16H19N3O4S. The van der Waals surface area contributed by atoms with Gasteiger partial charge in [-0.25, -0.2) is 4.79 Å². The number of methoxy groups -OCH3 is 1. The van der Waals surface area contributed by atoms with Gasteiger partial charge in [0, 0.05) is 17.6 Å². The third kappa shape index (κ3) is 2.96. The Bertz CT molecular complexity index is 848. The number of carbonyl (C=O) groups excluding carboxylic acids is 3. The zero-order chi connectivity index (χ0) is 18.2. The number of carbonyl (C=O) groups is 3. The molecule has 0 aromatic carbocycles. The Morgan fingerprint density at radius 3 is 2.25 bits per heavy atom. The van der Waals surface area contributed by atoms with E-state index < -0.39 is 17.7 Å². The van der Waals surface area contributed by atoms with Crippen LogP contribution in [0.5, 0.6) is 0 Å². The Labute approximate surface area is 143 Å². The molecule has 2 aromatic heterocycles. The van der Waals surface area contributed by atoms with Gasteiger partial charge in [0.05, 0.1) is 23.9 Å². The van der Waals surface area contributed by atoms with E-state index in [0.29, 0.717) is 16.4 Å². The first-order chi connectivity index (χ1) is 11.2. The summed E-state index contributed by atoms with van der Waals surface area (Å²) in [7, 11) is 2.98. The van der Waals surface area contributed by atoms with E-state index in [1.807, 2.05) is 6.92 Å². The Morgan fingerprint density at radius 1 is 1.12 bits per heavy atom. The molecule has 0 radical (unpaired) electrons. The lowest BCUT2D eigenvalue weighted by Crippen LogP contribution is -2.24. The van der Waals surface area contributed by atoms with Crippen molar-refractivity contribution in [2.24, 2.45) is 7.05 Å². The minimum absolute atomic E-state index is 0.277. The van der Waals surface area contributed by atoms with Gasteiger partial charge in [0.1, 0.15) is 5.00 Å². The van der Waals surface area contributed by atoms with Crippen molar-refractivity contribution in [3.05, 3.63) is 33.0 Å². The van der Waals surface area contributed by atoms with Gasteiger partial charge in [-0.3, -0.25) is 14.3 Å². The molecule has 8 heteroatoms. The fourth-order valence-corrected chi connectivity index (χ4v) is 3.48. The number of hydrogen-bond acceptors (Lipinski definition) is 6. The highest BCUT2D eigenvalue weighted by molar-refractivity contribution is 7.17. The molecule has 2 heterocycles. The number of aromatic nitrogens is 2. The summed E-state index contributed by atoms with van der Waals surface area (Å²) >= 11 is 1.23. The molecule has 0 saturated heterocycles. The van der Waals surface area contributed by atoms with E-state index >= 15 is 0 Å². The minimum Gasteiger partial charge on any atom is -0.465 e. The number of amides is 1. The van der Waals surface area contributed by atoms with Crippen LogP contribution in [0.1, 0.15) is 42.5 Å². The highest BCUT2D eigenvalue weighted by atomic mass is 32.1. The topological polar surface area (TPSA) is 90.3 Å². The van der Waals surface area contributed by atoms with E-state index in [2.05, 4.69) is 10.4 Å². The Balaban J connectivity index is 2.35. The smallest absolute Gasteiger partial charge is 0.341 e. The molecule has 0 unspecified atom stereocenters. The van der Waals surface area contributed by atoms with Gasteiger partial charge in [-0.2, -0.15) is 5.10 Å². The van der Waals surface area contributed by atoms with Crippen molar-refractivity contribution >= 4 is 34.0 Å². The highest BCUT2D eigenvalue weighted by Crippen LogP contribution is 2.33. The first-order valence-corrected chi connectivity index (χ1v) is 8.04. The van der Waals surface area contributed by atoms with Crippen LogP contribution in [0.3, 0.4) is 0 Å². The minimum atomic E-state index is -0.805. The molecule has 0 spiro atoms. The number of nitrogens with zero attached hydrogens (tertiary/aromatic N) is 2. The quantitative estimate of drug-likeness (QED) is 0.520. The lowest BCUT2D eigenvalue weighted by molar-refractivity contribution is -0.112. The SMILES string of the molecule is COC(=O)c1c(NC(=O)C(=O)c2c(C)nn(C)c2C)sc(C)c1C. The molecule has 128 valence electrons. The van der Waals surface area contributed by atoms with Gasteiger partial charge in [-0.15, -0.1) is 11.3 Å². The van der Waals surface area contributed by atoms with Crippen LogP contribution in [0.25, 0.3) is 0 Å². The maximum Gasteiger partial charge on any atom is 0.341 e. The second-order valence-corrected chi connectivity index (χ2v) is 6.66. The van der Waals surface area contributed by atoms with Gasteiger partial charge < -0.3 is 10.1 Å². The highest BCUT2D eigenvalue weighted by Gasteiger charge is 2.27. The molecule has 0 aliphatic heterocycles. The van der Waals surface area contributed by atoms with Crippen LogP contribution in [-0.2, 0) is 16.6 Å². The number of esters is 1. The summed E-state index contributed by atoms with van der Waals surface area (Å²) in [6.07, 6.45) is 0. The molecule has 0 saturated carbocycles. The predicted octanol–water partition coefficient (Wildman–Crippen LogP) is 2.32. The van der Waals surface area contributed by atoms with Crippen molar-refractivity contribution in [1.82, 2.24) is 9.78 Å². The molecule has 0 bridgehead atoms. The van der Waals surface area contributed by atoms with Crippen molar-refractivity contribution in [3.8, 4) is 0 Å². The number of ether oxygens (including phenoxy) is 1. The molecule has 0 aliphatic rings. The number of aryl methyl sites for hydroxylation is 3. The number of thiophene rings is 1. The number of hydrogen-bond donors (Lipinski definition) is 1. The fraction of sp³-hybridized carbons (Fsp3) is 0.375. The Morgan fingerprint density at radius 2 is 1.75 bits per heavy atom. The summed E-state index contributed by atoms with van der Waals surface area (Å²) < 4.78 is 6.31. The molecule has 2 aromatic rings. The third-order valence-electron chi connectivity index (χ3n) is 3.94. The van der Waals surface area contributed by atoms with Crippen molar-refractivity contribution in [2.75, 3.05) is 12.4 Å². The van der Waals surface area contributed by atoms with Crippen LogP contribution < -0.4 is 5.32 Å². The lowest BCUT2D eigenvalue weighted by Gasteiger charge is -2.06. The number of rotatable bonds is 4. The van der Waals surface area contributed by atoms with E-state index in [1.54, 1.807) is 32.5 Å². The molecule has 1 N–H and O–H groups in total. The average molecular weight is 349 g/mol. The summed E-state index contributed by atoms with van der Waals surface area (Å²) in [5.41, 5.74) is 2.38. The molecule has 24 heavy (non-hydrogen) atoms. The summed E-state index contributed by atoms with van der Waals surface area (Å²) in [6, 6.07) is 0. The average Bonchev–Trinajstić information content (AvgIpc) is 2.94. The normalized spacial score (nSPS) is 10.6. The third-order valence-corrected chi connectivity index (χ3v) is 5.07. The monoisotopic (exact) mass is 349 g/mol. The molecule has 2 rings (SSSR count). The Kier molecular flexibility index (Phi) is 4.88. The second kappa shape index (κ2) is 6.56. The zero-order valence-electron chi connectivity index (χ0n) is 14.4. The summed E-state index contributed by atoms with van der Waals surface area (Å²) in [5, 5.41) is 7.00. The van der Waals surface area contributed by atoms with Crippen LogP contribution in [0.15, 0.2) is 0 Å². The number of ketones is 1. The van der Waals surface area contributed by atoms with Crippen LogP contribution in [-0.4, -0.2) is 34.6 Å². The first-order valence-electron chi connectivity index (χ1n) is 7.23. The number of anilines is 1. The molecule has 0 fully saturated rings. The summed E-state index contributed by atoms with van der Waals surface area (Å²) in [4.78, 5) is 37.6. The van der Waals surface area contributed by atoms with E-state index in [4.69, 9.17) is 4.74 Å². The second-order valence-electron chi connectivity index (χ2n) is 5.43. The van der Waals surface area contributed by atoms with Crippen molar-refractivity contribution in [2.45, 2.75) is 27.7 Å². The van der Waals surface area contributed by atoms with Gasteiger partial charge >= 0.3 is 5.97 Å². The van der Waals surface area contributed by atoms with Crippen molar-refractivity contribution < 1.29 is 19.1 Å². The van der Waals surface area contributed by atoms with E-state index in [9.17, 15) is 14.4 Å². The van der Waals surface area contributed by atoms with Crippen LogP contribution in [0.4, 0.5) is 5.00 Å². The van der Waals surface area contributed by atoms with Gasteiger partial charge in [0.25, 0.3) is 11.7 Å². The van der Waals surface area contributed by atoms with E-state index in [1.165, 1.54) is 18.4 Å². The summed E-state index contributed by atoms with van der Waals surface area (Å²) in [6.45, 7) is 7.00. The molecule has 0 atom stereocenters. The fourth-order valence-electron chi connectivity index (χ4n) is 2.44. The lowest BCUT2D eigenvalue weighted by atomic mass is 10.1. The molecule has 1 amide bonds. The predicted molar refractivity (Wildman–Crippen MR) is 90.8 cm³/mol. The van der Waals surface area contributed by atoms with Crippen molar-refractivity contribution in [3.63, 3.8) is 0 Å². The largest absolute Gasteiger partial charge is 0.465 e.